The van der Waals surface area contributed by atoms with Crippen molar-refractivity contribution < 1.29 is 9.47 Å². The molecule has 1 aromatic heterocycles. The van der Waals surface area contributed by atoms with E-state index in [2.05, 4.69) is 18.4 Å². The number of nitrogens with two attached hydrogens (primary N) is 1. The van der Waals surface area contributed by atoms with Crippen molar-refractivity contribution in [1.29, 1.82) is 0 Å². The fraction of sp³-hybridized carbons (Fsp3) is 0.375. The van der Waals surface area contributed by atoms with Crippen LogP contribution in [0.15, 0.2) is 35.7 Å². The molecule has 0 aliphatic heterocycles. The van der Waals surface area contributed by atoms with Gasteiger partial charge in [-0.25, -0.2) is 0 Å². The second-order valence-electron chi connectivity index (χ2n) is 4.95. The van der Waals surface area contributed by atoms with Gasteiger partial charge in [-0.1, -0.05) is 12.1 Å². The van der Waals surface area contributed by atoms with Crippen LogP contribution in [-0.4, -0.2) is 13.2 Å². The van der Waals surface area contributed by atoms with Crippen molar-refractivity contribution >= 4 is 11.3 Å². The largest absolute Gasteiger partial charge is 0.483 e. The smallest absolute Gasteiger partial charge is 0.148 e. The van der Waals surface area contributed by atoms with Crippen LogP contribution in [-0.2, 0) is 11.3 Å². The van der Waals surface area contributed by atoms with Gasteiger partial charge in [-0.3, -0.25) is 0 Å². The van der Waals surface area contributed by atoms with Gasteiger partial charge < -0.3 is 15.2 Å². The van der Waals surface area contributed by atoms with Gasteiger partial charge in [0.1, 0.15) is 11.9 Å². The highest BCUT2D eigenvalue weighted by molar-refractivity contribution is 7.10. The lowest BCUT2D eigenvalue weighted by Gasteiger charge is -2.22. The van der Waals surface area contributed by atoms with Crippen LogP contribution in [0.3, 0.4) is 0 Å². The zero-order chi connectivity index (χ0) is 14.5. The third-order valence-corrected chi connectivity index (χ3v) is 4.19. The van der Waals surface area contributed by atoms with Crippen LogP contribution in [0.25, 0.3) is 0 Å². The average molecular weight is 291 g/mol. The lowest BCUT2D eigenvalue weighted by atomic mass is 10.1. The van der Waals surface area contributed by atoms with Crippen molar-refractivity contribution in [2.24, 2.45) is 5.73 Å². The first-order chi connectivity index (χ1) is 9.61. The summed E-state index contributed by atoms with van der Waals surface area (Å²) in [7, 11) is 1.69. The highest BCUT2D eigenvalue weighted by Gasteiger charge is 2.21. The molecule has 0 radical (unpaired) electrons. The SMILES string of the molecule is COCc1cccc(OC(c2sccc2C)C(C)N)c1. The number of ether oxygens (including phenoxy) is 2. The van der Waals surface area contributed by atoms with Gasteiger partial charge in [0.25, 0.3) is 0 Å². The lowest BCUT2D eigenvalue weighted by molar-refractivity contribution is 0.176. The molecule has 0 saturated heterocycles. The molecular formula is C16H21NO2S. The van der Waals surface area contributed by atoms with Crippen LogP contribution in [0.5, 0.6) is 5.75 Å². The maximum Gasteiger partial charge on any atom is 0.148 e. The quantitative estimate of drug-likeness (QED) is 0.883. The van der Waals surface area contributed by atoms with Gasteiger partial charge in [0.2, 0.25) is 0 Å². The lowest BCUT2D eigenvalue weighted by Crippen LogP contribution is -2.28. The third-order valence-electron chi connectivity index (χ3n) is 3.11. The molecule has 0 aliphatic rings. The molecule has 0 amide bonds. The van der Waals surface area contributed by atoms with E-state index in [1.807, 2.05) is 31.2 Å². The molecule has 20 heavy (non-hydrogen) atoms. The summed E-state index contributed by atoms with van der Waals surface area (Å²) in [6.07, 6.45) is -0.118. The van der Waals surface area contributed by atoms with Crippen LogP contribution in [0.2, 0.25) is 0 Å². The van der Waals surface area contributed by atoms with Gasteiger partial charge in [-0.05, 0) is 48.6 Å². The highest BCUT2D eigenvalue weighted by atomic mass is 32.1. The Morgan fingerprint density at radius 2 is 2.10 bits per heavy atom. The fourth-order valence-electron chi connectivity index (χ4n) is 2.10. The average Bonchev–Trinajstić information content (AvgIpc) is 2.83. The third kappa shape index (κ3) is 3.60. The molecule has 2 aromatic rings. The summed E-state index contributed by atoms with van der Waals surface area (Å²) < 4.78 is 11.3. The van der Waals surface area contributed by atoms with Gasteiger partial charge in [0.05, 0.1) is 6.61 Å². The van der Waals surface area contributed by atoms with Crippen LogP contribution in [0.4, 0.5) is 0 Å². The number of hydrogen-bond donors (Lipinski definition) is 1. The van der Waals surface area contributed by atoms with E-state index in [0.717, 1.165) is 11.3 Å². The van der Waals surface area contributed by atoms with Crippen molar-refractivity contribution in [1.82, 2.24) is 0 Å². The van der Waals surface area contributed by atoms with Crippen molar-refractivity contribution in [3.05, 3.63) is 51.7 Å². The number of aryl methyl sites for hydroxylation is 1. The number of benzene rings is 1. The van der Waals surface area contributed by atoms with E-state index in [0.29, 0.717) is 6.61 Å². The summed E-state index contributed by atoms with van der Waals surface area (Å²) in [4.78, 5) is 1.19. The Bertz CT molecular complexity index is 551. The first-order valence-electron chi connectivity index (χ1n) is 6.66. The molecule has 0 fully saturated rings. The maximum absolute atomic E-state index is 6.12. The molecule has 2 N–H and O–H groups in total. The van der Waals surface area contributed by atoms with E-state index in [4.69, 9.17) is 15.2 Å². The minimum Gasteiger partial charge on any atom is -0.483 e. The summed E-state index contributed by atoms with van der Waals surface area (Å²) in [5.41, 5.74) is 8.42. The molecule has 0 saturated carbocycles. The summed E-state index contributed by atoms with van der Waals surface area (Å²) in [6, 6.07) is 9.98. The van der Waals surface area contributed by atoms with Crippen LogP contribution in [0, 0.1) is 6.92 Å². The Balaban J connectivity index is 2.21. The zero-order valence-electron chi connectivity index (χ0n) is 12.1. The van der Waals surface area contributed by atoms with E-state index in [1.165, 1.54) is 10.4 Å². The Kier molecular flexibility index (Phi) is 5.17. The molecule has 4 heteroatoms. The number of rotatable bonds is 6. The normalized spacial score (nSPS) is 14.0. The summed E-state index contributed by atoms with van der Waals surface area (Å²) in [5, 5.41) is 2.07. The topological polar surface area (TPSA) is 44.5 Å². The van der Waals surface area contributed by atoms with E-state index >= 15 is 0 Å². The van der Waals surface area contributed by atoms with Gasteiger partial charge in [-0.15, -0.1) is 11.3 Å². The first kappa shape index (κ1) is 15.0. The monoisotopic (exact) mass is 291 g/mol. The predicted molar refractivity (Wildman–Crippen MR) is 83.2 cm³/mol. The molecule has 0 aliphatic carbocycles. The van der Waals surface area contributed by atoms with Crippen molar-refractivity contribution in [3.8, 4) is 5.75 Å². The second kappa shape index (κ2) is 6.88. The first-order valence-corrected chi connectivity index (χ1v) is 7.54. The molecule has 3 nitrogen and oxygen atoms in total. The molecule has 1 heterocycles. The van der Waals surface area contributed by atoms with Gasteiger partial charge in [-0.2, -0.15) is 0 Å². The minimum absolute atomic E-state index is 0.0709. The Hall–Kier alpha value is -1.36. The number of hydrogen-bond acceptors (Lipinski definition) is 4. The Morgan fingerprint density at radius 3 is 2.70 bits per heavy atom. The van der Waals surface area contributed by atoms with Gasteiger partial charge in [0.15, 0.2) is 0 Å². The molecule has 1 aromatic carbocycles. The fourth-order valence-corrected chi connectivity index (χ4v) is 3.17. The zero-order valence-corrected chi connectivity index (χ0v) is 12.9. The van der Waals surface area contributed by atoms with Crippen LogP contribution >= 0.6 is 11.3 Å². The number of methoxy groups -OCH3 is 1. The summed E-state index contributed by atoms with van der Waals surface area (Å²) >= 11 is 1.69. The van der Waals surface area contributed by atoms with E-state index in [9.17, 15) is 0 Å². The van der Waals surface area contributed by atoms with Crippen LogP contribution in [0.1, 0.15) is 29.0 Å². The van der Waals surface area contributed by atoms with Crippen molar-refractivity contribution in [2.45, 2.75) is 32.6 Å². The maximum atomic E-state index is 6.12. The van der Waals surface area contributed by atoms with Crippen LogP contribution < -0.4 is 10.5 Å². The van der Waals surface area contributed by atoms with E-state index < -0.39 is 0 Å². The molecule has 0 spiro atoms. The summed E-state index contributed by atoms with van der Waals surface area (Å²) in [6.45, 7) is 4.65. The van der Waals surface area contributed by atoms with Gasteiger partial charge in [0, 0.05) is 18.0 Å². The second-order valence-corrected chi connectivity index (χ2v) is 5.89. The molecular weight excluding hydrogens is 270 g/mol. The van der Waals surface area contributed by atoms with Crippen molar-refractivity contribution in [3.63, 3.8) is 0 Å². The summed E-state index contributed by atoms with van der Waals surface area (Å²) in [5.74, 6) is 0.828. The van der Waals surface area contributed by atoms with Gasteiger partial charge >= 0.3 is 0 Å². The van der Waals surface area contributed by atoms with E-state index in [-0.39, 0.29) is 12.1 Å². The molecule has 108 valence electrons. The van der Waals surface area contributed by atoms with Crippen molar-refractivity contribution in [2.75, 3.05) is 7.11 Å². The van der Waals surface area contributed by atoms with E-state index in [1.54, 1.807) is 18.4 Å². The predicted octanol–water partition coefficient (Wildman–Crippen LogP) is 3.67. The number of thiophene rings is 1. The minimum atomic E-state index is -0.118. The molecule has 0 bridgehead atoms. The Labute approximate surface area is 124 Å². The molecule has 2 unspecified atom stereocenters. The highest BCUT2D eigenvalue weighted by Crippen LogP contribution is 2.30. The Morgan fingerprint density at radius 1 is 1.30 bits per heavy atom. The molecule has 2 atom stereocenters. The molecule has 2 rings (SSSR count). The standard InChI is InChI=1S/C16H21NO2S/c1-11-7-8-20-16(11)15(12(2)17)19-14-6-4-5-13(9-14)10-18-3/h4-9,12,15H,10,17H2,1-3H3.